The monoisotopic (exact) mass is 321 g/mol. The highest BCUT2D eigenvalue weighted by Crippen LogP contribution is 2.30. The van der Waals surface area contributed by atoms with Gasteiger partial charge in [0.2, 0.25) is 0 Å². The van der Waals surface area contributed by atoms with E-state index in [-0.39, 0.29) is 0 Å². The van der Waals surface area contributed by atoms with Crippen molar-refractivity contribution in [2.75, 3.05) is 5.32 Å². The van der Waals surface area contributed by atoms with Crippen LogP contribution in [0, 0.1) is 0 Å². The molecule has 1 aromatic carbocycles. The van der Waals surface area contributed by atoms with E-state index in [1.165, 1.54) is 5.32 Å². The fourth-order valence-corrected chi connectivity index (χ4v) is 1.09. The minimum atomic E-state index is -5.14. The van der Waals surface area contributed by atoms with Gasteiger partial charge in [0.15, 0.2) is 0 Å². The van der Waals surface area contributed by atoms with Gasteiger partial charge < -0.3 is 10.1 Å². The van der Waals surface area contributed by atoms with Crippen molar-refractivity contribution >= 4 is 23.2 Å². The van der Waals surface area contributed by atoms with Crippen molar-refractivity contribution in [2.45, 2.75) is 17.9 Å². The molecule has 1 amide bonds. The Bertz CT molecular complexity index is 491. The lowest BCUT2D eigenvalue weighted by Crippen LogP contribution is -2.33. The Labute approximate surface area is 113 Å². The average molecular weight is 322 g/mol. The normalized spacial score (nSPS) is 13.8. The van der Waals surface area contributed by atoms with Gasteiger partial charge in [0, 0.05) is 11.8 Å². The Morgan fingerprint density at radius 3 is 2.35 bits per heavy atom. The molecule has 1 atom stereocenters. The van der Waals surface area contributed by atoms with Crippen molar-refractivity contribution < 1.29 is 35.9 Å². The molecule has 3 nitrogen and oxygen atoms in total. The third-order valence-corrected chi connectivity index (χ3v) is 2.11. The van der Waals surface area contributed by atoms with Crippen LogP contribution in [0.2, 0.25) is 0 Å². The van der Waals surface area contributed by atoms with Crippen molar-refractivity contribution in [3.8, 4) is 5.75 Å². The van der Waals surface area contributed by atoms with E-state index in [0.717, 1.165) is 18.2 Å². The predicted octanol–water partition coefficient (Wildman–Crippen LogP) is 3.69. The molecule has 0 radical (unpaired) electrons. The number of nitrogens with one attached hydrogen (secondary N) is 1. The van der Waals surface area contributed by atoms with Crippen molar-refractivity contribution in [3.05, 3.63) is 24.3 Å². The van der Waals surface area contributed by atoms with Gasteiger partial charge in [0.05, 0.1) is 0 Å². The van der Waals surface area contributed by atoms with Crippen LogP contribution in [0.4, 0.5) is 32.0 Å². The molecule has 0 heterocycles. The fraction of sp³-hybridized carbons (Fsp3) is 0.300. The number of benzene rings is 1. The van der Waals surface area contributed by atoms with Gasteiger partial charge in [0.1, 0.15) is 5.75 Å². The molecular weight excluding hydrogens is 316 g/mol. The summed E-state index contributed by atoms with van der Waals surface area (Å²) in [5.41, 5.74) is -3.60. The van der Waals surface area contributed by atoms with Crippen LogP contribution < -0.4 is 10.1 Å². The average Bonchev–Trinajstić information content (AvgIpc) is 2.27. The van der Waals surface area contributed by atoms with Crippen LogP contribution in [0.3, 0.4) is 0 Å². The molecule has 0 aromatic heterocycles. The maximum atomic E-state index is 12.8. The van der Waals surface area contributed by atoms with Gasteiger partial charge in [-0.2, -0.15) is 22.0 Å². The Balaban J connectivity index is 2.84. The summed E-state index contributed by atoms with van der Waals surface area (Å²) >= 11 is 4.54. The van der Waals surface area contributed by atoms with E-state index in [9.17, 15) is 31.1 Å². The molecule has 1 N–H and O–H groups in total. The van der Waals surface area contributed by atoms with E-state index in [2.05, 4.69) is 16.3 Å². The number of carbonyl (C=O) groups excluding carboxylic acids is 1. The number of ether oxygens (including phenoxy) is 1. The number of anilines is 1. The van der Waals surface area contributed by atoms with Crippen molar-refractivity contribution in [1.29, 1.82) is 0 Å². The first-order valence-electron chi connectivity index (χ1n) is 4.85. The van der Waals surface area contributed by atoms with Crippen molar-refractivity contribution in [3.63, 3.8) is 0 Å². The second-order valence-electron chi connectivity index (χ2n) is 3.44. The highest BCUT2D eigenvalue weighted by molar-refractivity contribution is 6.20. The van der Waals surface area contributed by atoms with Crippen LogP contribution in [-0.2, 0) is 4.79 Å². The number of carbonyl (C=O) groups is 1. The zero-order chi connectivity index (χ0) is 15.6. The van der Waals surface area contributed by atoms with Crippen LogP contribution >= 0.6 is 11.6 Å². The number of hydrogen-bond acceptors (Lipinski definition) is 2. The largest absolute Gasteiger partial charge is 0.471 e. The van der Waals surface area contributed by atoms with E-state index in [1.54, 1.807) is 0 Å². The van der Waals surface area contributed by atoms with Gasteiger partial charge in [-0.05, 0) is 12.1 Å². The second-order valence-corrected chi connectivity index (χ2v) is 3.83. The molecule has 10 heteroatoms. The SMILES string of the molecule is O=C(Nc1cccc(OC(F)(F)C(F)Cl)c1)C(F)(F)F. The molecule has 112 valence electrons. The fourth-order valence-electron chi connectivity index (χ4n) is 1.04. The summed E-state index contributed by atoms with van der Waals surface area (Å²) in [7, 11) is 0. The molecule has 1 aromatic rings. The first-order valence-corrected chi connectivity index (χ1v) is 5.29. The van der Waals surface area contributed by atoms with Gasteiger partial charge in [-0.3, -0.25) is 4.79 Å². The second kappa shape index (κ2) is 5.78. The minimum Gasteiger partial charge on any atom is -0.429 e. The van der Waals surface area contributed by atoms with E-state index >= 15 is 0 Å². The van der Waals surface area contributed by atoms with E-state index < -0.39 is 35.3 Å². The summed E-state index contributed by atoms with van der Waals surface area (Å²) < 4.78 is 77.8. The highest BCUT2D eigenvalue weighted by Gasteiger charge is 2.42. The zero-order valence-electron chi connectivity index (χ0n) is 9.35. The zero-order valence-corrected chi connectivity index (χ0v) is 10.1. The number of halogens is 7. The highest BCUT2D eigenvalue weighted by atomic mass is 35.5. The Hall–Kier alpha value is -1.64. The van der Waals surface area contributed by atoms with Crippen LogP contribution in [-0.4, -0.2) is 23.8 Å². The Kier molecular flexibility index (Phi) is 4.74. The maximum Gasteiger partial charge on any atom is 0.471 e. The van der Waals surface area contributed by atoms with E-state index in [0.29, 0.717) is 6.07 Å². The lowest BCUT2D eigenvalue weighted by molar-refractivity contribution is -0.199. The van der Waals surface area contributed by atoms with Crippen molar-refractivity contribution in [2.24, 2.45) is 0 Å². The molecule has 0 saturated carbocycles. The first-order chi connectivity index (χ1) is 9.02. The molecule has 0 saturated heterocycles. The molecule has 1 unspecified atom stereocenters. The van der Waals surface area contributed by atoms with Gasteiger partial charge >= 0.3 is 18.2 Å². The molecule has 0 aliphatic heterocycles. The van der Waals surface area contributed by atoms with Gasteiger partial charge in [-0.25, -0.2) is 4.39 Å². The standard InChI is InChI=1S/C10H6ClF6NO2/c11-7(12)10(16,17)20-6-3-1-2-5(4-6)18-8(19)9(13,14)15/h1-4,7H,(H,18,19). The number of rotatable bonds is 4. The minimum absolute atomic E-state index is 0.453. The Morgan fingerprint density at radius 2 is 1.85 bits per heavy atom. The molecule has 20 heavy (non-hydrogen) atoms. The third-order valence-electron chi connectivity index (χ3n) is 1.86. The topological polar surface area (TPSA) is 38.3 Å². The Morgan fingerprint density at radius 1 is 1.25 bits per heavy atom. The summed E-state index contributed by atoms with van der Waals surface area (Å²) in [5, 5.41) is 1.42. The summed E-state index contributed by atoms with van der Waals surface area (Å²) in [5.74, 6) is -2.96. The lowest BCUT2D eigenvalue weighted by atomic mass is 10.3. The van der Waals surface area contributed by atoms with Gasteiger partial charge in [0.25, 0.3) is 5.63 Å². The molecule has 0 fully saturated rings. The summed E-state index contributed by atoms with van der Waals surface area (Å²) in [6.45, 7) is 0. The third kappa shape index (κ3) is 4.48. The van der Waals surface area contributed by atoms with Crippen LogP contribution in [0.5, 0.6) is 5.75 Å². The molecule has 0 aliphatic carbocycles. The summed E-state index contributed by atoms with van der Waals surface area (Å²) in [4.78, 5) is 10.6. The maximum absolute atomic E-state index is 12.8. The lowest BCUT2D eigenvalue weighted by Gasteiger charge is -2.18. The van der Waals surface area contributed by atoms with E-state index in [1.807, 2.05) is 0 Å². The molecule has 0 aliphatic rings. The molecule has 1 rings (SSSR count). The number of amides is 1. The van der Waals surface area contributed by atoms with Gasteiger partial charge in [-0.1, -0.05) is 17.7 Å². The van der Waals surface area contributed by atoms with Gasteiger partial charge in [-0.15, -0.1) is 0 Å². The van der Waals surface area contributed by atoms with Crippen LogP contribution in [0.1, 0.15) is 0 Å². The molecule has 0 spiro atoms. The predicted molar refractivity (Wildman–Crippen MR) is 57.5 cm³/mol. The smallest absolute Gasteiger partial charge is 0.429 e. The summed E-state index contributed by atoms with van der Waals surface area (Å²) in [6, 6.07) is 3.62. The van der Waals surface area contributed by atoms with Crippen LogP contribution in [0.15, 0.2) is 24.3 Å². The summed E-state index contributed by atoms with van der Waals surface area (Å²) in [6.07, 6.45) is -9.50. The van der Waals surface area contributed by atoms with Crippen LogP contribution in [0.25, 0.3) is 0 Å². The molecule has 0 bridgehead atoms. The first kappa shape index (κ1) is 16.4. The number of hydrogen-bond donors (Lipinski definition) is 1. The number of alkyl halides is 7. The van der Waals surface area contributed by atoms with Crippen molar-refractivity contribution in [1.82, 2.24) is 0 Å². The van der Waals surface area contributed by atoms with E-state index in [4.69, 9.17) is 0 Å². The quantitative estimate of drug-likeness (QED) is 0.678. The molecular formula is C10H6ClF6NO2.